The topological polar surface area (TPSA) is 105 Å². The fourth-order valence-corrected chi connectivity index (χ4v) is 4.74. The highest BCUT2D eigenvalue weighted by Gasteiger charge is 2.32. The summed E-state index contributed by atoms with van der Waals surface area (Å²) >= 11 is 1.32. The van der Waals surface area contributed by atoms with Crippen LogP contribution in [0.5, 0.6) is 0 Å². The van der Waals surface area contributed by atoms with E-state index in [0.29, 0.717) is 4.88 Å². The summed E-state index contributed by atoms with van der Waals surface area (Å²) in [7, 11) is 0. The maximum atomic E-state index is 12.9. The Morgan fingerprint density at radius 2 is 1.62 bits per heavy atom. The molecule has 176 valence electrons. The summed E-state index contributed by atoms with van der Waals surface area (Å²) in [5.41, 5.74) is 3.31. The predicted octanol–water partition coefficient (Wildman–Crippen LogP) is 4.55. The number of fused-ring (bicyclic) bond motifs is 3. The first-order valence-corrected chi connectivity index (χ1v) is 11.8. The number of carboxylic acid groups (broad SMARTS) is 1. The Balaban J connectivity index is 1.44. The van der Waals surface area contributed by atoms with Gasteiger partial charge in [0.1, 0.15) is 12.6 Å². The van der Waals surface area contributed by atoms with E-state index in [2.05, 4.69) is 22.8 Å². The Labute approximate surface area is 201 Å². The lowest BCUT2D eigenvalue weighted by atomic mass is 9.94. The number of hydrogen-bond acceptors (Lipinski definition) is 5. The van der Waals surface area contributed by atoms with E-state index in [0.717, 1.165) is 22.3 Å². The minimum Gasteiger partial charge on any atom is -0.481 e. The first-order valence-electron chi connectivity index (χ1n) is 10.9. The molecule has 1 aromatic heterocycles. The van der Waals surface area contributed by atoms with Crippen LogP contribution < -0.4 is 10.6 Å². The van der Waals surface area contributed by atoms with Gasteiger partial charge in [0.25, 0.3) is 0 Å². The second kappa shape index (κ2) is 9.69. The van der Waals surface area contributed by atoms with Crippen LogP contribution in [0.2, 0.25) is 0 Å². The minimum absolute atomic E-state index is 0.0740. The first kappa shape index (κ1) is 23.5. The molecule has 1 aliphatic rings. The molecule has 8 heteroatoms. The lowest BCUT2D eigenvalue weighted by Crippen LogP contribution is -2.45. The molecule has 4 rings (SSSR count). The zero-order valence-corrected chi connectivity index (χ0v) is 19.7. The number of amides is 2. The van der Waals surface area contributed by atoms with Crippen molar-refractivity contribution in [1.29, 1.82) is 0 Å². The Hall–Kier alpha value is -3.65. The summed E-state index contributed by atoms with van der Waals surface area (Å²) in [6.07, 6.45) is -0.715. The van der Waals surface area contributed by atoms with Gasteiger partial charge in [-0.05, 0) is 47.5 Å². The summed E-state index contributed by atoms with van der Waals surface area (Å²) < 4.78 is 5.58. The smallest absolute Gasteiger partial charge is 0.408 e. The van der Waals surface area contributed by atoms with Gasteiger partial charge >= 0.3 is 12.1 Å². The number of alkyl carbamates (subject to hydrolysis) is 1. The first-order chi connectivity index (χ1) is 16.3. The van der Waals surface area contributed by atoms with E-state index in [1.807, 2.05) is 36.4 Å². The Morgan fingerprint density at radius 3 is 2.18 bits per heavy atom. The van der Waals surface area contributed by atoms with Gasteiger partial charge in [0, 0.05) is 17.3 Å². The predicted molar refractivity (Wildman–Crippen MR) is 130 cm³/mol. The standard InChI is InChI=1S/C26H26N2O5S/c1-26(2,24(30)31)15-27-23(29)22(21-12-7-13-34-21)28-25(32)33-14-20-18-10-5-3-8-16(18)17-9-4-6-11-19(17)20/h3-13,20,22H,14-15H2,1-2H3,(H,27,29)(H,28,32)(H,30,31). The van der Waals surface area contributed by atoms with Crippen LogP contribution in [0.1, 0.15) is 41.8 Å². The van der Waals surface area contributed by atoms with Crippen molar-refractivity contribution in [3.05, 3.63) is 82.0 Å². The molecule has 1 unspecified atom stereocenters. The average molecular weight is 479 g/mol. The van der Waals surface area contributed by atoms with E-state index in [1.54, 1.807) is 17.5 Å². The maximum absolute atomic E-state index is 12.9. The molecule has 0 saturated heterocycles. The number of thiophene rings is 1. The van der Waals surface area contributed by atoms with Crippen LogP contribution in [-0.2, 0) is 14.3 Å². The Morgan fingerprint density at radius 1 is 1.00 bits per heavy atom. The van der Waals surface area contributed by atoms with Crippen LogP contribution in [-0.4, -0.2) is 36.2 Å². The molecule has 0 spiro atoms. The van der Waals surface area contributed by atoms with Crippen LogP contribution in [0.4, 0.5) is 4.79 Å². The third kappa shape index (κ3) is 4.82. The van der Waals surface area contributed by atoms with Crippen molar-refractivity contribution in [3.63, 3.8) is 0 Å². The molecular formula is C26H26N2O5S. The summed E-state index contributed by atoms with van der Waals surface area (Å²) in [6, 6.07) is 18.6. The fraction of sp³-hybridized carbons (Fsp3) is 0.269. The van der Waals surface area contributed by atoms with Crippen molar-refractivity contribution in [3.8, 4) is 11.1 Å². The largest absolute Gasteiger partial charge is 0.481 e. The third-order valence-corrected chi connectivity index (χ3v) is 6.92. The number of nitrogens with one attached hydrogen (secondary N) is 2. The van der Waals surface area contributed by atoms with Gasteiger partial charge in [0.2, 0.25) is 5.91 Å². The van der Waals surface area contributed by atoms with E-state index in [9.17, 15) is 19.5 Å². The second-order valence-electron chi connectivity index (χ2n) is 8.83. The zero-order chi connectivity index (χ0) is 24.3. The Bertz CT molecular complexity index is 1160. The molecule has 0 aliphatic heterocycles. The van der Waals surface area contributed by atoms with Gasteiger partial charge in [-0.3, -0.25) is 9.59 Å². The number of rotatable bonds is 8. The van der Waals surface area contributed by atoms with E-state index >= 15 is 0 Å². The number of hydrogen-bond donors (Lipinski definition) is 3. The van der Waals surface area contributed by atoms with E-state index in [4.69, 9.17) is 4.74 Å². The van der Waals surface area contributed by atoms with E-state index in [-0.39, 0.29) is 19.1 Å². The molecule has 2 amide bonds. The monoisotopic (exact) mass is 478 g/mol. The molecule has 2 aromatic carbocycles. The second-order valence-corrected chi connectivity index (χ2v) is 9.80. The van der Waals surface area contributed by atoms with Crippen LogP contribution in [0.3, 0.4) is 0 Å². The maximum Gasteiger partial charge on any atom is 0.408 e. The van der Waals surface area contributed by atoms with Crippen molar-refractivity contribution in [1.82, 2.24) is 10.6 Å². The molecule has 1 heterocycles. The van der Waals surface area contributed by atoms with E-state index < -0.39 is 29.4 Å². The number of aliphatic carboxylic acids is 1. The zero-order valence-electron chi connectivity index (χ0n) is 18.9. The van der Waals surface area contributed by atoms with Crippen molar-refractivity contribution < 1.29 is 24.2 Å². The van der Waals surface area contributed by atoms with Gasteiger partial charge in [-0.25, -0.2) is 4.79 Å². The summed E-state index contributed by atoms with van der Waals surface area (Å²) in [6.45, 7) is 3.10. The van der Waals surface area contributed by atoms with Gasteiger partial charge in [-0.15, -0.1) is 11.3 Å². The van der Waals surface area contributed by atoms with Crippen LogP contribution >= 0.6 is 11.3 Å². The minimum atomic E-state index is -1.14. The molecule has 0 fully saturated rings. The van der Waals surface area contributed by atoms with E-state index in [1.165, 1.54) is 25.2 Å². The number of carbonyl (C=O) groups excluding carboxylic acids is 2. The SMILES string of the molecule is CC(C)(CNC(=O)C(NC(=O)OCC1c2ccccc2-c2ccccc21)c1cccs1)C(=O)O. The molecule has 0 bridgehead atoms. The van der Waals surface area contributed by atoms with Gasteiger partial charge in [-0.2, -0.15) is 0 Å². The van der Waals surface area contributed by atoms with Crippen molar-refractivity contribution >= 4 is 29.3 Å². The van der Waals surface area contributed by atoms with Crippen molar-refractivity contribution in [2.45, 2.75) is 25.8 Å². The van der Waals surface area contributed by atoms with Gasteiger partial charge < -0.3 is 20.5 Å². The normalized spacial score (nSPS) is 13.5. The van der Waals surface area contributed by atoms with Crippen LogP contribution in [0.25, 0.3) is 11.1 Å². The molecule has 3 N–H and O–H groups in total. The average Bonchev–Trinajstić information content (AvgIpc) is 3.46. The molecule has 0 saturated carbocycles. The van der Waals surface area contributed by atoms with Crippen molar-refractivity contribution in [2.75, 3.05) is 13.2 Å². The highest BCUT2D eigenvalue weighted by atomic mass is 32.1. The lowest BCUT2D eigenvalue weighted by molar-refractivity contribution is -0.146. The summed E-state index contributed by atoms with van der Waals surface area (Å²) in [4.78, 5) is 37.6. The molecule has 1 atom stereocenters. The molecule has 7 nitrogen and oxygen atoms in total. The number of carboxylic acids is 1. The fourth-order valence-electron chi connectivity index (χ4n) is 3.97. The van der Waals surface area contributed by atoms with Gasteiger partial charge in [0.15, 0.2) is 0 Å². The number of benzene rings is 2. The number of ether oxygens (including phenoxy) is 1. The Kier molecular flexibility index (Phi) is 6.70. The highest BCUT2D eigenvalue weighted by molar-refractivity contribution is 7.10. The summed E-state index contributed by atoms with van der Waals surface area (Å²) in [5, 5.41) is 16.4. The molecular weight excluding hydrogens is 452 g/mol. The lowest BCUT2D eigenvalue weighted by Gasteiger charge is -2.23. The molecule has 34 heavy (non-hydrogen) atoms. The quantitative estimate of drug-likeness (QED) is 0.440. The van der Waals surface area contributed by atoms with Crippen LogP contribution in [0, 0.1) is 5.41 Å². The molecule has 1 aliphatic carbocycles. The number of carbonyl (C=O) groups is 3. The highest BCUT2D eigenvalue weighted by Crippen LogP contribution is 2.44. The molecule has 3 aromatic rings. The van der Waals surface area contributed by atoms with Gasteiger partial charge in [-0.1, -0.05) is 54.6 Å². The van der Waals surface area contributed by atoms with Gasteiger partial charge in [0.05, 0.1) is 5.41 Å². The van der Waals surface area contributed by atoms with Crippen LogP contribution in [0.15, 0.2) is 66.0 Å². The summed E-state index contributed by atoms with van der Waals surface area (Å²) in [5.74, 6) is -1.61. The third-order valence-electron chi connectivity index (χ3n) is 5.98. The van der Waals surface area contributed by atoms with Crippen molar-refractivity contribution in [2.24, 2.45) is 5.41 Å². The molecule has 0 radical (unpaired) electrons.